The van der Waals surface area contributed by atoms with Crippen LogP contribution in [-0.4, -0.2) is 21.3 Å². The molecule has 0 spiro atoms. The van der Waals surface area contributed by atoms with Gasteiger partial charge in [-0.2, -0.15) is 0 Å². The van der Waals surface area contributed by atoms with Gasteiger partial charge in [0.2, 0.25) is 0 Å². The van der Waals surface area contributed by atoms with Crippen LogP contribution in [0.15, 0.2) is 64.0 Å². The first-order valence-electron chi connectivity index (χ1n) is 8.07. The average Bonchev–Trinajstić information content (AvgIpc) is 2.90. The second-order valence-corrected chi connectivity index (χ2v) is 8.24. The van der Waals surface area contributed by atoms with Crippen LogP contribution in [0.2, 0.25) is 0 Å². The third kappa shape index (κ3) is 3.72. The second-order valence-electron chi connectivity index (χ2n) is 6.00. The van der Waals surface area contributed by atoms with Gasteiger partial charge in [0.1, 0.15) is 6.26 Å². The maximum Gasteiger partial charge on any atom is 0.257 e. The summed E-state index contributed by atoms with van der Waals surface area (Å²) in [5.41, 5.74) is 4.15. The molecule has 1 atom stereocenters. The molecule has 0 saturated heterocycles. The molecular formula is C20H19BrN2O2S. The lowest BCUT2D eigenvalue weighted by Crippen LogP contribution is -2.13. The fourth-order valence-corrected chi connectivity index (χ4v) is 3.91. The fraction of sp³-hybridized carbons (Fsp3) is 0.150. The minimum absolute atomic E-state index is 0.165. The third-order valence-corrected chi connectivity index (χ3v) is 5.82. The Morgan fingerprint density at radius 3 is 2.38 bits per heavy atom. The van der Waals surface area contributed by atoms with Crippen molar-refractivity contribution in [3.8, 4) is 5.69 Å². The highest BCUT2D eigenvalue weighted by atomic mass is 79.9. The third-order valence-electron chi connectivity index (χ3n) is 4.21. The highest BCUT2D eigenvalue weighted by molar-refractivity contribution is 9.10. The molecule has 2 aromatic carbocycles. The summed E-state index contributed by atoms with van der Waals surface area (Å²) in [6, 6.07) is 16.9. The molecule has 134 valence electrons. The normalized spacial score (nSPS) is 12.0. The van der Waals surface area contributed by atoms with Gasteiger partial charge in [0.25, 0.3) is 5.91 Å². The summed E-state index contributed by atoms with van der Waals surface area (Å²) in [4.78, 5) is 13.5. The zero-order valence-corrected chi connectivity index (χ0v) is 17.1. The van der Waals surface area contributed by atoms with Crippen molar-refractivity contribution in [2.45, 2.75) is 18.7 Å². The number of carbonyl (C=O) groups excluding carboxylic acids is 1. The number of rotatable bonds is 4. The van der Waals surface area contributed by atoms with Crippen LogP contribution < -0.4 is 5.32 Å². The van der Waals surface area contributed by atoms with Crippen LogP contribution in [-0.2, 0) is 11.2 Å². The van der Waals surface area contributed by atoms with Gasteiger partial charge in [-0.1, -0.05) is 12.1 Å². The molecule has 4 nitrogen and oxygen atoms in total. The Morgan fingerprint density at radius 1 is 1.12 bits per heavy atom. The van der Waals surface area contributed by atoms with Crippen molar-refractivity contribution in [3.63, 3.8) is 0 Å². The van der Waals surface area contributed by atoms with Crippen LogP contribution in [0.5, 0.6) is 0 Å². The smallest absolute Gasteiger partial charge is 0.257 e. The highest BCUT2D eigenvalue weighted by Crippen LogP contribution is 2.27. The first-order valence-corrected chi connectivity index (χ1v) is 10.4. The van der Waals surface area contributed by atoms with Crippen LogP contribution in [0.25, 0.3) is 5.69 Å². The van der Waals surface area contributed by atoms with E-state index in [9.17, 15) is 9.35 Å². The summed E-state index contributed by atoms with van der Waals surface area (Å²) >= 11 is 2.54. The Balaban J connectivity index is 1.89. The number of carbonyl (C=O) groups is 1. The fourth-order valence-electron chi connectivity index (χ4n) is 2.92. The molecule has 0 aliphatic heterocycles. The van der Waals surface area contributed by atoms with E-state index in [2.05, 4.69) is 25.8 Å². The first-order chi connectivity index (χ1) is 12.4. The topological polar surface area (TPSA) is 57.1 Å². The first kappa shape index (κ1) is 18.8. The molecule has 26 heavy (non-hydrogen) atoms. The Morgan fingerprint density at radius 2 is 1.77 bits per heavy atom. The van der Waals surface area contributed by atoms with Crippen molar-refractivity contribution in [1.82, 2.24) is 4.57 Å². The molecule has 1 N–H and O–H groups in total. The van der Waals surface area contributed by atoms with E-state index >= 15 is 0 Å². The number of aromatic nitrogens is 1. The van der Waals surface area contributed by atoms with E-state index in [1.54, 1.807) is 30.5 Å². The van der Waals surface area contributed by atoms with Gasteiger partial charge in [-0.15, -0.1) is 0 Å². The minimum Gasteiger partial charge on any atom is -0.612 e. The summed E-state index contributed by atoms with van der Waals surface area (Å²) in [5.74, 6) is -0.165. The van der Waals surface area contributed by atoms with Crippen molar-refractivity contribution < 1.29 is 9.35 Å². The van der Waals surface area contributed by atoms with Crippen molar-refractivity contribution >= 4 is 38.7 Å². The predicted octanol–water partition coefficient (Wildman–Crippen LogP) is 4.85. The van der Waals surface area contributed by atoms with Gasteiger partial charge in [-0.3, -0.25) is 4.79 Å². The summed E-state index contributed by atoms with van der Waals surface area (Å²) < 4.78 is 14.5. The molecule has 1 heterocycles. The molecule has 1 unspecified atom stereocenters. The number of hydrogen-bond acceptors (Lipinski definition) is 2. The van der Waals surface area contributed by atoms with E-state index < -0.39 is 11.2 Å². The van der Waals surface area contributed by atoms with Crippen LogP contribution in [0.3, 0.4) is 0 Å². The Bertz CT molecular complexity index is 949. The number of halogens is 1. The summed E-state index contributed by atoms with van der Waals surface area (Å²) in [7, 11) is 0. The summed E-state index contributed by atoms with van der Waals surface area (Å²) in [6.45, 7) is 3.92. The van der Waals surface area contributed by atoms with Gasteiger partial charge in [-0.25, -0.2) is 0 Å². The van der Waals surface area contributed by atoms with Crippen molar-refractivity contribution in [1.29, 1.82) is 0 Å². The number of anilines is 1. The van der Waals surface area contributed by atoms with Crippen LogP contribution >= 0.6 is 15.9 Å². The molecule has 1 amide bonds. The standard InChI is InChI=1S/C20H19BrN2O2S/c1-13-12-17(14(2)23(13)19-7-5-4-6-18(19)21)20(24)22-15-8-10-16(11-9-15)26(3)25/h4-12H,1-3H3,(H,22,24). The Hall–Kier alpha value is -2.02. The lowest BCUT2D eigenvalue weighted by atomic mass is 10.2. The molecule has 0 bridgehead atoms. The molecule has 3 aromatic rings. The van der Waals surface area contributed by atoms with Gasteiger partial charge in [0, 0.05) is 21.5 Å². The van der Waals surface area contributed by atoms with Crippen LogP contribution in [0, 0.1) is 13.8 Å². The Kier molecular flexibility index (Phi) is 5.55. The van der Waals surface area contributed by atoms with Gasteiger partial charge in [0.05, 0.1) is 11.3 Å². The quantitative estimate of drug-likeness (QED) is 0.601. The number of aryl methyl sites for hydroxylation is 1. The zero-order chi connectivity index (χ0) is 18.8. The lowest BCUT2D eigenvalue weighted by molar-refractivity contribution is 0.102. The van der Waals surface area contributed by atoms with Crippen molar-refractivity contribution in [2.75, 3.05) is 11.6 Å². The molecule has 3 rings (SSSR count). The minimum atomic E-state index is -1.03. The van der Waals surface area contributed by atoms with Crippen LogP contribution in [0.1, 0.15) is 21.7 Å². The summed E-state index contributed by atoms with van der Waals surface area (Å²) in [5, 5.41) is 2.91. The van der Waals surface area contributed by atoms with E-state index in [1.807, 2.05) is 44.2 Å². The average molecular weight is 431 g/mol. The maximum atomic E-state index is 12.7. The number of hydrogen-bond donors (Lipinski definition) is 1. The highest BCUT2D eigenvalue weighted by Gasteiger charge is 2.18. The zero-order valence-electron chi connectivity index (χ0n) is 14.7. The molecule has 0 radical (unpaired) electrons. The lowest BCUT2D eigenvalue weighted by Gasteiger charge is -2.12. The summed E-state index contributed by atoms with van der Waals surface area (Å²) in [6.07, 6.45) is 1.63. The van der Waals surface area contributed by atoms with Crippen molar-refractivity contribution in [3.05, 3.63) is 76.0 Å². The van der Waals surface area contributed by atoms with E-state index in [0.29, 0.717) is 11.3 Å². The van der Waals surface area contributed by atoms with Gasteiger partial charge in [0.15, 0.2) is 4.90 Å². The molecule has 0 fully saturated rings. The van der Waals surface area contributed by atoms with Gasteiger partial charge >= 0.3 is 0 Å². The molecule has 6 heteroatoms. The monoisotopic (exact) mass is 430 g/mol. The van der Waals surface area contributed by atoms with E-state index in [-0.39, 0.29) is 5.91 Å². The maximum absolute atomic E-state index is 12.7. The largest absolute Gasteiger partial charge is 0.612 e. The second kappa shape index (κ2) is 7.70. The van der Waals surface area contributed by atoms with E-state index in [0.717, 1.165) is 26.4 Å². The SMILES string of the molecule is Cc1cc(C(=O)Nc2ccc([S+](C)[O-])cc2)c(C)n1-c1ccccc1Br. The predicted molar refractivity (Wildman–Crippen MR) is 110 cm³/mol. The molecule has 1 aromatic heterocycles. The number of benzene rings is 2. The molecule has 0 saturated carbocycles. The molecular weight excluding hydrogens is 412 g/mol. The number of amides is 1. The van der Waals surface area contributed by atoms with E-state index in [1.165, 1.54) is 0 Å². The Labute approximate surface area is 164 Å². The van der Waals surface area contributed by atoms with Gasteiger partial charge < -0.3 is 14.4 Å². The van der Waals surface area contributed by atoms with Crippen LogP contribution in [0.4, 0.5) is 5.69 Å². The number of nitrogens with zero attached hydrogens (tertiary/aromatic N) is 1. The number of para-hydroxylation sites is 1. The molecule has 0 aliphatic carbocycles. The molecule has 0 aliphatic rings. The number of nitrogens with one attached hydrogen (secondary N) is 1. The van der Waals surface area contributed by atoms with Gasteiger partial charge in [-0.05, 0) is 83.4 Å². The van der Waals surface area contributed by atoms with E-state index in [4.69, 9.17) is 0 Å². The van der Waals surface area contributed by atoms with Crippen molar-refractivity contribution in [2.24, 2.45) is 0 Å².